The lowest BCUT2D eigenvalue weighted by molar-refractivity contribution is 0.728. The van der Waals surface area contributed by atoms with E-state index < -0.39 is 0 Å². The van der Waals surface area contributed by atoms with Crippen LogP contribution in [-0.4, -0.2) is 15.1 Å². The summed E-state index contributed by atoms with van der Waals surface area (Å²) in [7, 11) is 0. The van der Waals surface area contributed by atoms with Crippen molar-refractivity contribution >= 4 is 28.4 Å². The number of benzene rings is 3. The summed E-state index contributed by atoms with van der Waals surface area (Å²) in [5, 5.41) is 7.28. The number of para-hydroxylation sites is 2. The fraction of sp³-hybridized carbons (Fsp3) is 0.0909. The van der Waals surface area contributed by atoms with Crippen molar-refractivity contribution in [1.82, 2.24) is 20.6 Å². The van der Waals surface area contributed by atoms with E-state index in [0.717, 1.165) is 28.0 Å². The van der Waals surface area contributed by atoms with E-state index in [-0.39, 0.29) is 6.04 Å². The van der Waals surface area contributed by atoms with E-state index in [1.807, 2.05) is 60.7 Å². The lowest BCUT2D eigenvalue weighted by Gasteiger charge is -2.21. The minimum Gasteiger partial charge on any atom is -0.355 e. The molecule has 0 bridgehead atoms. The number of imidazole rings is 1. The smallest absolute Gasteiger partial charge is 0.167 e. The monoisotopic (exact) mass is 372 g/mol. The van der Waals surface area contributed by atoms with Gasteiger partial charge in [-0.05, 0) is 35.5 Å². The highest BCUT2D eigenvalue weighted by Crippen LogP contribution is 2.21. The van der Waals surface area contributed by atoms with Crippen molar-refractivity contribution in [3.63, 3.8) is 0 Å². The van der Waals surface area contributed by atoms with Crippen LogP contribution in [0.3, 0.4) is 0 Å². The van der Waals surface area contributed by atoms with Crippen LogP contribution in [0.5, 0.6) is 0 Å². The van der Waals surface area contributed by atoms with Gasteiger partial charge >= 0.3 is 0 Å². The number of rotatable bonds is 5. The fourth-order valence-corrected chi connectivity index (χ4v) is 3.28. The number of H-pyrrole nitrogens is 1. The van der Waals surface area contributed by atoms with E-state index >= 15 is 0 Å². The quantitative estimate of drug-likeness (QED) is 0.457. The molecule has 1 heterocycles. The van der Waals surface area contributed by atoms with E-state index in [0.29, 0.717) is 11.7 Å². The molecular formula is C22H20N4S. The van der Waals surface area contributed by atoms with Gasteiger partial charge in [0.25, 0.3) is 0 Å². The van der Waals surface area contributed by atoms with Crippen LogP contribution in [0.1, 0.15) is 23.0 Å². The Labute approximate surface area is 163 Å². The average Bonchev–Trinajstić information content (AvgIpc) is 3.15. The van der Waals surface area contributed by atoms with Crippen molar-refractivity contribution in [2.24, 2.45) is 0 Å². The third-order valence-electron chi connectivity index (χ3n) is 4.40. The fourth-order valence-electron chi connectivity index (χ4n) is 3.09. The molecule has 0 spiro atoms. The van der Waals surface area contributed by atoms with Crippen molar-refractivity contribution in [1.29, 1.82) is 0 Å². The third kappa shape index (κ3) is 4.15. The van der Waals surface area contributed by atoms with E-state index in [1.54, 1.807) is 0 Å². The first-order valence-electron chi connectivity index (χ1n) is 8.87. The molecule has 4 aromatic rings. The van der Waals surface area contributed by atoms with Gasteiger partial charge in [0.05, 0.1) is 23.6 Å². The van der Waals surface area contributed by atoms with Gasteiger partial charge in [-0.2, -0.15) is 0 Å². The SMILES string of the molecule is S=C(NCc1nc2ccccc2[nH]1)NC(c1ccccc1)c1ccccc1. The van der Waals surface area contributed by atoms with Crippen LogP contribution < -0.4 is 10.6 Å². The summed E-state index contributed by atoms with van der Waals surface area (Å²) >= 11 is 5.55. The first-order chi connectivity index (χ1) is 13.3. The Morgan fingerprint density at radius 3 is 2.07 bits per heavy atom. The summed E-state index contributed by atoms with van der Waals surface area (Å²) in [6.07, 6.45) is 0. The predicted octanol–water partition coefficient (Wildman–Crippen LogP) is 4.32. The molecule has 3 aromatic carbocycles. The molecule has 1 aromatic heterocycles. The van der Waals surface area contributed by atoms with Gasteiger partial charge in [0.2, 0.25) is 0 Å². The topological polar surface area (TPSA) is 52.7 Å². The van der Waals surface area contributed by atoms with Gasteiger partial charge in [0, 0.05) is 0 Å². The number of thiocarbonyl (C=S) groups is 1. The summed E-state index contributed by atoms with van der Waals surface area (Å²) in [4.78, 5) is 7.88. The Kier molecular flexibility index (Phi) is 5.12. The Morgan fingerprint density at radius 1 is 0.852 bits per heavy atom. The maximum absolute atomic E-state index is 5.55. The zero-order chi connectivity index (χ0) is 18.5. The summed E-state index contributed by atoms with van der Waals surface area (Å²) in [5.74, 6) is 0.858. The number of aromatic nitrogens is 2. The highest BCUT2D eigenvalue weighted by Gasteiger charge is 2.14. The van der Waals surface area contributed by atoms with Crippen LogP contribution in [0.25, 0.3) is 11.0 Å². The van der Waals surface area contributed by atoms with E-state index in [1.165, 1.54) is 0 Å². The van der Waals surface area contributed by atoms with Crippen LogP contribution in [0.2, 0.25) is 0 Å². The number of hydrogen-bond acceptors (Lipinski definition) is 2. The third-order valence-corrected chi connectivity index (χ3v) is 4.66. The molecule has 0 radical (unpaired) electrons. The number of nitrogens with one attached hydrogen (secondary N) is 3. The molecular weight excluding hydrogens is 352 g/mol. The molecule has 4 rings (SSSR count). The van der Waals surface area contributed by atoms with Gasteiger partial charge in [-0.25, -0.2) is 4.98 Å². The summed E-state index contributed by atoms with van der Waals surface area (Å²) in [6, 6.07) is 28.6. The second-order valence-electron chi connectivity index (χ2n) is 6.28. The molecule has 0 saturated heterocycles. The molecule has 0 fully saturated rings. The number of aromatic amines is 1. The van der Waals surface area contributed by atoms with Gasteiger partial charge < -0.3 is 15.6 Å². The van der Waals surface area contributed by atoms with Gasteiger partial charge in [-0.1, -0.05) is 72.8 Å². The molecule has 134 valence electrons. The van der Waals surface area contributed by atoms with Crippen molar-refractivity contribution in [2.75, 3.05) is 0 Å². The maximum atomic E-state index is 5.55. The molecule has 0 amide bonds. The lowest BCUT2D eigenvalue weighted by Crippen LogP contribution is -2.38. The number of fused-ring (bicyclic) bond motifs is 1. The summed E-state index contributed by atoms with van der Waals surface area (Å²) in [6.45, 7) is 0.539. The molecule has 5 heteroatoms. The summed E-state index contributed by atoms with van der Waals surface area (Å²) < 4.78 is 0. The van der Waals surface area contributed by atoms with Crippen LogP contribution in [0.15, 0.2) is 84.9 Å². The highest BCUT2D eigenvalue weighted by molar-refractivity contribution is 7.80. The predicted molar refractivity (Wildman–Crippen MR) is 113 cm³/mol. The zero-order valence-corrected chi connectivity index (χ0v) is 15.5. The van der Waals surface area contributed by atoms with E-state index in [4.69, 9.17) is 12.2 Å². The summed E-state index contributed by atoms with van der Waals surface area (Å²) in [5.41, 5.74) is 4.31. The van der Waals surface area contributed by atoms with Crippen molar-refractivity contribution < 1.29 is 0 Å². The molecule has 0 unspecified atom stereocenters. The molecule has 0 aliphatic heterocycles. The van der Waals surface area contributed by atoms with E-state index in [2.05, 4.69) is 44.9 Å². The first kappa shape index (κ1) is 17.2. The van der Waals surface area contributed by atoms with Gasteiger partial charge in [0.1, 0.15) is 5.82 Å². The lowest BCUT2D eigenvalue weighted by atomic mass is 9.99. The van der Waals surface area contributed by atoms with Gasteiger partial charge in [-0.15, -0.1) is 0 Å². The average molecular weight is 372 g/mol. The Balaban J connectivity index is 1.47. The van der Waals surface area contributed by atoms with Crippen molar-refractivity contribution in [2.45, 2.75) is 12.6 Å². The second kappa shape index (κ2) is 8.01. The van der Waals surface area contributed by atoms with Gasteiger partial charge in [-0.3, -0.25) is 0 Å². The molecule has 4 nitrogen and oxygen atoms in total. The zero-order valence-electron chi connectivity index (χ0n) is 14.7. The standard InChI is InChI=1S/C22H20N4S/c27-22(23-15-20-24-18-13-7-8-14-19(18)25-20)26-21(16-9-3-1-4-10-16)17-11-5-2-6-12-17/h1-14,21H,15H2,(H,24,25)(H2,23,26,27). The Morgan fingerprint density at radius 2 is 1.44 bits per heavy atom. The normalized spacial score (nSPS) is 10.9. The van der Waals surface area contributed by atoms with Crippen molar-refractivity contribution in [3.05, 3.63) is 102 Å². The van der Waals surface area contributed by atoms with Gasteiger partial charge in [0.15, 0.2) is 5.11 Å². The van der Waals surface area contributed by atoms with Crippen LogP contribution in [-0.2, 0) is 6.54 Å². The molecule has 27 heavy (non-hydrogen) atoms. The largest absolute Gasteiger partial charge is 0.355 e. The molecule has 3 N–H and O–H groups in total. The van der Waals surface area contributed by atoms with Crippen LogP contribution in [0, 0.1) is 0 Å². The number of hydrogen-bond donors (Lipinski definition) is 3. The Bertz CT molecular complexity index is 955. The first-order valence-corrected chi connectivity index (χ1v) is 9.28. The Hall–Kier alpha value is -3.18. The maximum Gasteiger partial charge on any atom is 0.167 e. The molecule has 0 atom stereocenters. The van der Waals surface area contributed by atoms with Crippen LogP contribution >= 0.6 is 12.2 Å². The minimum atomic E-state index is -0.0110. The minimum absolute atomic E-state index is 0.0110. The number of nitrogens with zero attached hydrogens (tertiary/aromatic N) is 1. The van der Waals surface area contributed by atoms with E-state index in [9.17, 15) is 0 Å². The molecule has 0 saturated carbocycles. The molecule has 0 aliphatic rings. The van der Waals surface area contributed by atoms with Crippen molar-refractivity contribution in [3.8, 4) is 0 Å². The van der Waals surface area contributed by atoms with Crippen LogP contribution in [0.4, 0.5) is 0 Å². The second-order valence-corrected chi connectivity index (χ2v) is 6.69. The molecule has 0 aliphatic carbocycles. The highest BCUT2D eigenvalue weighted by atomic mass is 32.1.